The number of rotatable bonds is 2. The first-order chi connectivity index (χ1) is 8.75. The summed E-state index contributed by atoms with van der Waals surface area (Å²) in [6, 6.07) is 0. The Kier molecular flexibility index (Phi) is 2.87. The van der Waals surface area contributed by atoms with Gasteiger partial charge in [0, 0.05) is 13.6 Å². The number of hydrogen-bond donors (Lipinski definition) is 1. The zero-order valence-electron chi connectivity index (χ0n) is 10.5. The lowest BCUT2D eigenvalue weighted by Crippen LogP contribution is -2.32. The molecule has 6 heteroatoms. The maximum Gasteiger partial charge on any atom is 0.264 e. The first-order valence-corrected chi connectivity index (χ1v) is 6.33. The predicted molar refractivity (Wildman–Crippen MR) is 68.4 cm³/mol. The highest BCUT2D eigenvalue weighted by Crippen LogP contribution is 2.13. The van der Waals surface area contributed by atoms with Crippen LogP contribution in [0.15, 0.2) is 17.3 Å². The molecule has 3 rings (SSSR count). The second-order valence-corrected chi connectivity index (χ2v) is 4.90. The van der Waals surface area contributed by atoms with Crippen LogP contribution in [0.5, 0.6) is 0 Å². The quantitative estimate of drug-likeness (QED) is 0.819. The number of fused-ring (bicyclic) bond motifs is 1. The molecule has 2 aromatic heterocycles. The van der Waals surface area contributed by atoms with Gasteiger partial charge in [-0.15, -0.1) is 0 Å². The third kappa shape index (κ3) is 1.92. The first-order valence-electron chi connectivity index (χ1n) is 6.33. The molecule has 0 aromatic carbocycles. The average molecular weight is 247 g/mol. The van der Waals surface area contributed by atoms with Gasteiger partial charge in [-0.25, -0.2) is 4.98 Å². The molecule has 2 aromatic rings. The molecule has 6 nitrogen and oxygen atoms in total. The Bertz CT molecular complexity index is 608. The van der Waals surface area contributed by atoms with Gasteiger partial charge in [0.1, 0.15) is 5.39 Å². The van der Waals surface area contributed by atoms with E-state index in [2.05, 4.69) is 15.4 Å². The molecule has 1 aliphatic heterocycles. The van der Waals surface area contributed by atoms with Crippen molar-refractivity contribution in [1.82, 2.24) is 24.6 Å². The molecule has 1 N–H and O–H groups in total. The van der Waals surface area contributed by atoms with Gasteiger partial charge in [0.25, 0.3) is 5.56 Å². The molecule has 0 radical (unpaired) electrons. The van der Waals surface area contributed by atoms with Crippen molar-refractivity contribution in [2.45, 2.75) is 19.4 Å². The Hall–Kier alpha value is -1.69. The van der Waals surface area contributed by atoms with Crippen LogP contribution in [0.4, 0.5) is 0 Å². The van der Waals surface area contributed by atoms with E-state index in [4.69, 9.17) is 0 Å². The molecule has 1 fully saturated rings. The van der Waals surface area contributed by atoms with Crippen LogP contribution < -0.4 is 10.9 Å². The van der Waals surface area contributed by atoms with Gasteiger partial charge in [-0.1, -0.05) is 0 Å². The van der Waals surface area contributed by atoms with Crippen molar-refractivity contribution in [3.05, 3.63) is 22.9 Å². The smallest absolute Gasteiger partial charge is 0.264 e. The summed E-state index contributed by atoms with van der Waals surface area (Å²) in [6.07, 6.45) is 5.49. The molecule has 18 heavy (non-hydrogen) atoms. The van der Waals surface area contributed by atoms with Gasteiger partial charge in [0.15, 0.2) is 5.65 Å². The van der Waals surface area contributed by atoms with E-state index in [0.717, 1.165) is 32.5 Å². The van der Waals surface area contributed by atoms with E-state index >= 15 is 0 Å². The van der Waals surface area contributed by atoms with Gasteiger partial charge in [0.2, 0.25) is 0 Å². The Balaban J connectivity index is 1.92. The lowest BCUT2D eigenvalue weighted by molar-refractivity contribution is 0.329. The Morgan fingerprint density at radius 3 is 3.00 bits per heavy atom. The van der Waals surface area contributed by atoms with Gasteiger partial charge in [-0.2, -0.15) is 5.10 Å². The van der Waals surface area contributed by atoms with Crippen molar-refractivity contribution in [3.63, 3.8) is 0 Å². The lowest BCUT2D eigenvalue weighted by Gasteiger charge is -2.22. The third-order valence-electron chi connectivity index (χ3n) is 3.63. The fourth-order valence-corrected chi connectivity index (χ4v) is 2.54. The van der Waals surface area contributed by atoms with E-state index in [1.54, 1.807) is 28.8 Å². The van der Waals surface area contributed by atoms with Crippen LogP contribution in [0, 0.1) is 5.92 Å². The SMILES string of the molecule is Cn1ncc2c(=O)n(CC3CCNCC3)cnc21. The summed E-state index contributed by atoms with van der Waals surface area (Å²) in [5, 5.41) is 8.01. The zero-order valence-corrected chi connectivity index (χ0v) is 10.5. The molecule has 0 amide bonds. The second kappa shape index (κ2) is 4.53. The van der Waals surface area contributed by atoms with Crippen LogP contribution in [0.1, 0.15) is 12.8 Å². The van der Waals surface area contributed by atoms with Crippen LogP contribution in [0.25, 0.3) is 11.0 Å². The summed E-state index contributed by atoms with van der Waals surface area (Å²) in [5.74, 6) is 0.569. The topological polar surface area (TPSA) is 64.7 Å². The highest BCUT2D eigenvalue weighted by molar-refractivity contribution is 5.72. The Labute approximate surface area is 105 Å². The van der Waals surface area contributed by atoms with Gasteiger partial charge < -0.3 is 5.32 Å². The van der Waals surface area contributed by atoms with E-state index in [9.17, 15) is 4.79 Å². The minimum absolute atomic E-state index is 0.0200. The largest absolute Gasteiger partial charge is 0.317 e. The fourth-order valence-electron chi connectivity index (χ4n) is 2.54. The standard InChI is InChI=1S/C12H17N5O/c1-16-11-10(6-15-16)12(18)17(8-14-11)7-9-2-4-13-5-3-9/h6,8-9,13H,2-5,7H2,1H3. The van der Waals surface area contributed by atoms with Crippen molar-refractivity contribution < 1.29 is 0 Å². The fraction of sp³-hybridized carbons (Fsp3) is 0.583. The Morgan fingerprint density at radius 2 is 2.22 bits per heavy atom. The van der Waals surface area contributed by atoms with Crippen molar-refractivity contribution in [2.24, 2.45) is 13.0 Å². The van der Waals surface area contributed by atoms with E-state index in [-0.39, 0.29) is 5.56 Å². The first kappa shape index (κ1) is 11.4. The summed E-state index contributed by atoms with van der Waals surface area (Å²) in [5.41, 5.74) is 0.674. The highest BCUT2D eigenvalue weighted by Gasteiger charge is 2.15. The molecule has 0 saturated carbocycles. The molecule has 0 aliphatic carbocycles. The van der Waals surface area contributed by atoms with Gasteiger partial charge in [-0.3, -0.25) is 14.0 Å². The summed E-state index contributed by atoms with van der Waals surface area (Å²) >= 11 is 0. The number of piperidine rings is 1. The minimum atomic E-state index is 0.0200. The number of nitrogens with zero attached hydrogens (tertiary/aromatic N) is 4. The summed E-state index contributed by atoms with van der Waals surface area (Å²) in [4.78, 5) is 16.6. The van der Waals surface area contributed by atoms with Crippen LogP contribution in [-0.2, 0) is 13.6 Å². The number of nitrogens with one attached hydrogen (secondary N) is 1. The third-order valence-corrected chi connectivity index (χ3v) is 3.63. The van der Waals surface area contributed by atoms with Crippen molar-refractivity contribution >= 4 is 11.0 Å². The summed E-state index contributed by atoms with van der Waals surface area (Å²) < 4.78 is 3.35. The van der Waals surface area contributed by atoms with E-state index in [0.29, 0.717) is 17.0 Å². The van der Waals surface area contributed by atoms with Crippen LogP contribution in [0.2, 0.25) is 0 Å². The monoisotopic (exact) mass is 247 g/mol. The van der Waals surface area contributed by atoms with Crippen molar-refractivity contribution in [3.8, 4) is 0 Å². The Morgan fingerprint density at radius 1 is 1.44 bits per heavy atom. The van der Waals surface area contributed by atoms with Crippen molar-refractivity contribution in [1.29, 1.82) is 0 Å². The molecular formula is C12H17N5O. The van der Waals surface area contributed by atoms with E-state index in [1.807, 2.05) is 0 Å². The van der Waals surface area contributed by atoms with Gasteiger partial charge >= 0.3 is 0 Å². The van der Waals surface area contributed by atoms with Crippen LogP contribution >= 0.6 is 0 Å². The molecule has 1 saturated heterocycles. The van der Waals surface area contributed by atoms with Crippen LogP contribution in [0.3, 0.4) is 0 Å². The second-order valence-electron chi connectivity index (χ2n) is 4.90. The summed E-state index contributed by atoms with van der Waals surface area (Å²) in [7, 11) is 1.80. The molecule has 3 heterocycles. The molecule has 0 bridgehead atoms. The lowest BCUT2D eigenvalue weighted by atomic mass is 9.98. The number of aryl methyl sites for hydroxylation is 1. The molecule has 96 valence electrons. The van der Waals surface area contributed by atoms with Gasteiger partial charge in [0.05, 0.1) is 12.5 Å². The van der Waals surface area contributed by atoms with Crippen LogP contribution in [-0.4, -0.2) is 32.4 Å². The van der Waals surface area contributed by atoms with Gasteiger partial charge in [-0.05, 0) is 31.8 Å². The normalized spacial score (nSPS) is 17.4. The average Bonchev–Trinajstić information content (AvgIpc) is 2.77. The minimum Gasteiger partial charge on any atom is -0.317 e. The molecule has 0 unspecified atom stereocenters. The molecule has 0 atom stereocenters. The maximum absolute atomic E-state index is 12.3. The predicted octanol–water partition coefficient (Wildman–Crippen LogP) is 0.130. The number of hydrogen-bond acceptors (Lipinski definition) is 4. The highest BCUT2D eigenvalue weighted by atomic mass is 16.1. The maximum atomic E-state index is 12.3. The van der Waals surface area contributed by atoms with E-state index < -0.39 is 0 Å². The molecule has 0 spiro atoms. The van der Waals surface area contributed by atoms with E-state index in [1.165, 1.54) is 0 Å². The summed E-state index contributed by atoms with van der Waals surface area (Å²) in [6.45, 7) is 2.85. The zero-order chi connectivity index (χ0) is 12.5. The van der Waals surface area contributed by atoms with Crippen molar-refractivity contribution in [2.75, 3.05) is 13.1 Å². The molecule has 1 aliphatic rings. The number of aromatic nitrogens is 4. The molecular weight excluding hydrogens is 230 g/mol.